The summed E-state index contributed by atoms with van der Waals surface area (Å²) in [4.78, 5) is 0. The van der Waals surface area contributed by atoms with Crippen LogP contribution in [0.1, 0.15) is 0 Å². The Hall–Kier alpha value is -0.0317. The molecule has 0 atom stereocenters. The van der Waals surface area contributed by atoms with Crippen LogP contribution in [0.4, 0.5) is 0 Å². The minimum atomic E-state index is 0. The minimum absolute atomic E-state index is 0. The third-order valence-corrected chi connectivity index (χ3v) is 0.425. The largest absolute Gasteiger partial charge is 0.473 e. The molecule has 0 aliphatic rings. The first-order valence-corrected chi connectivity index (χ1v) is 1.47. The smallest absolute Gasteiger partial charge is 0.0902 e. The van der Waals surface area contributed by atoms with Crippen molar-refractivity contribution >= 4 is 0 Å². The first kappa shape index (κ1) is 5.97. The summed E-state index contributed by atoms with van der Waals surface area (Å²) in [5.74, 6) is 0. The van der Waals surface area contributed by atoms with Crippen molar-refractivity contribution in [3.63, 3.8) is 0 Å². The zero-order chi connectivity index (χ0) is 3.54. The molecule has 1 aromatic rings. The SMILES string of the molecule is [Mo].c1ccoc1. The Morgan fingerprint density at radius 2 is 1.50 bits per heavy atom. The number of hydrogen-bond donors (Lipinski definition) is 0. The molecule has 0 spiro atoms. The van der Waals surface area contributed by atoms with Gasteiger partial charge in [0.2, 0.25) is 0 Å². The molecule has 1 rings (SSSR count). The van der Waals surface area contributed by atoms with Gasteiger partial charge in [-0.2, -0.15) is 0 Å². The molecular formula is C4H4MoO. The van der Waals surface area contributed by atoms with Crippen LogP contribution in [0.15, 0.2) is 29.1 Å². The van der Waals surface area contributed by atoms with Crippen molar-refractivity contribution in [2.45, 2.75) is 0 Å². The maximum absolute atomic E-state index is 4.58. The molecule has 0 saturated heterocycles. The number of hydrogen-bond acceptors (Lipinski definition) is 1. The van der Waals surface area contributed by atoms with Gasteiger partial charge >= 0.3 is 0 Å². The Morgan fingerprint density at radius 1 is 1.00 bits per heavy atom. The van der Waals surface area contributed by atoms with Crippen molar-refractivity contribution in [3.8, 4) is 0 Å². The molecule has 1 heterocycles. The predicted molar refractivity (Wildman–Crippen MR) is 18.7 cm³/mol. The summed E-state index contributed by atoms with van der Waals surface area (Å²) in [5.41, 5.74) is 0. The van der Waals surface area contributed by atoms with Crippen LogP contribution in [-0.4, -0.2) is 0 Å². The van der Waals surface area contributed by atoms with Crippen molar-refractivity contribution in [2.75, 3.05) is 0 Å². The number of rotatable bonds is 0. The van der Waals surface area contributed by atoms with E-state index in [1.165, 1.54) is 0 Å². The molecule has 0 radical (unpaired) electrons. The standard InChI is InChI=1S/C4H4O.Mo/c1-2-4-5-3-1;/h1-4H;. The Labute approximate surface area is 50.6 Å². The van der Waals surface area contributed by atoms with E-state index in [4.69, 9.17) is 0 Å². The third kappa shape index (κ3) is 1.42. The van der Waals surface area contributed by atoms with Crippen LogP contribution in [0.2, 0.25) is 0 Å². The van der Waals surface area contributed by atoms with Gasteiger partial charge in [0.05, 0.1) is 12.5 Å². The summed E-state index contributed by atoms with van der Waals surface area (Å²) in [5, 5.41) is 0. The Bertz CT molecular complexity index is 64.0. The summed E-state index contributed by atoms with van der Waals surface area (Å²) in [6, 6.07) is 3.67. The van der Waals surface area contributed by atoms with E-state index in [-0.39, 0.29) is 21.1 Å². The van der Waals surface area contributed by atoms with Crippen LogP contribution in [0.5, 0.6) is 0 Å². The van der Waals surface area contributed by atoms with Crippen molar-refractivity contribution in [1.29, 1.82) is 0 Å². The van der Waals surface area contributed by atoms with Crippen LogP contribution in [0.3, 0.4) is 0 Å². The molecule has 1 aromatic heterocycles. The van der Waals surface area contributed by atoms with E-state index in [0.29, 0.717) is 0 Å². The van der Waals surface area contributed by atoms with E-state index < -0.39 is 0 Å². The molecule has 0 unspecified atom stereocenters. The van der Waals surface area contributed by atoms with Gasteiger partial charge in [0.1, 0.15) is 0 Å². The average molecular weight is 164 g/mol. The van der Waals surface area contributed by atoms with Crippen LogP contribution in [0, 0.1) is 0 Å². The van der Waals surface area contributed by atoms with Gasteiger partial charge in [-0.15, -0.1) is 0 Å². The van der Waals surface area contributed by atoms with E-state index in [9.17, 15) is 0 Å². The molecule has 0 N–H and O–H groups in total. The molecule has 0 aromatic carbocycles. The Kier molecular flexibility index (Phi) is 3.15. The van der Waals surface area contributed by atoms with Crippen LogP contribution in [0.25, 0.3) is 0 Å². The van der Waals surface area contributed by atoms with Crippen molar-refractivity contribution in [3.05, 3.63) is 24.7 Å². The van der Waals surface area contributed by atoms with Gasteiger partial charge in [0.15, 0.2) is 0 Å². The van der Waals surface area contributed by atoms with E-state index in [0.717, 1.165) is 0 Å². The maximum Gasteiger partial charge on any atom is 0.0902 e. The second-order valence-electron chi connectivity index (χ2n) is 0.793. The Morgan fingerprint density at radius 3 is 1.67 bits per heavy atom. The van der Waals surface area contributed by atoms with Gasteiger partial charge < -0.3 is 4.42 Å². The van der Waals surface area contributed by atoms with Crippen molar-refractivity contribution < 1.29 is 25.5 Å². The van der Waals surface area contributed by atoms with Crippen molar-refractivity contribution in [1.82, 2.24) is 0 Å². The second-order valence-corrected chi connectivity index (χ2v) is 0.793. The van der Waals surface area contributed by atoms with Gasteiger partial charge in [-0.1, -0.05) is 0 Å². The van der Waals surface area contributed by atoms with Crippen LogP contribution in [-0.2, 0) is 21.1 Å². The molecule has 32 valence electrons. The summed E-state index contributed by atoms with van der Waals surface area (Å²) >= 11 is 0. The first-order chi connectivity index (χ1) is 2.50. The monoisotopic (exact) mass is 166 g/mol. The van der Waals surface area contributed by atoms with Gasteiger partial charge in [0, 0.05) is 21.1 Å². The topological polar surface area (TPSA) is 13.1 Å². The maximum atomic E-state index is 4.58. The molecule has 0 bridgehead atoms. The molecule has 2 heteroatoms. The third-order valence-electron chi connectivity index (χ3n) is 0.425. The zero-order valence-corrected chi connectivity index (χ0v) is 5.13. The normalized spacial score (nSPS) is 6.67. The van der Waals surface area contributed by atoms with Crippen LogP contribution >= 0.6 is 0 Å². The fraction of sp³-hybridized carbons (Fsp3) is 0. The van der Waals surface area contributed by atoms with Crippen LogP contribution < -0.4 is 0 Å². The molecule has 0 aliphatic carbocycles. The molecule has 6 heavy (non-hydrogen) atoms. The average Bonchev–Trinajstić information content (AvgIpc) is 1.76. The van der Waals surface area contributed by atoms with Gasteiger partial charge in [-0.25, -0.2) is 0 Å². The molecule has 0 amide bonds. The summed E-state index contributed by atoms with van der Waals surface area (Å²) in [6.07, 6.45) is 3.25. The fourth-order valence-electron chi connectivity index (χ4n) is 0.227. The quantitative estimate of drug-likeness (QED) is 0.526. The molecular weight excluding hydrogens is 160 g/mol. The minimum Gasteiger partial charge on any atom is -0.473 e. The van der Waals surface area contributed by atoms with Gasteiger partial charge in [-0.3, -0.25) is 0 Å². The Balaban J connectivity index is 0.000000250. The van der Waals surface area contributed by atoms with E-state index in [2.05, 4.69) is 4.42 Å². The number of furan rings is 1. The molecule has 0 saturated carbocycles. The predicted octanol–water partition coefficient (Wildman–Crippen LogP) is 1.28. The van der Waals surface area contributed by atoms with Crippen molar-refractivity contribution in [2.24, 2.45) is 0 Å². The van der Waals surface area contributed by atoms with Gasteiger partial charge in [0.25, 0.3) is 0 Å². The van der Waals surface area contributed by atoms with E-state index >= 15 is 0 Å². The first-order valence-electron chi connectivity index (χ1n) is 1.47. The summed E-state index contributed by atoms with van der Waals surface area (Å²) in [7, 11) is 0. The molecule has 0 fully saturated rings. The van der Waals surface area contributed by atoms with E-state index in [1.54, 1.807) is 12.5 Å². The van der Waals surface area contributed by atoms with E-state index in [1.807, 2.05) is 12.1 Å². The zero-order valence-electron chi connectivity index (χ0n) is 3.13. The molecule has 0 aliphatic heterocycles. The summed E-state index contributed by atoms with van der Waals surface area (Å²) in [6.45, 7) is 0. The summed E-state index contributed by atoms with van der Waals surface area (Å²) < 4.78 is 4.58. The fourth-order valence-corrected chi connectivity index (χ4v) is 0.227. The van der Waals surface area contributed by atoms with Gasteiger partial charge in [-0.05, 0) is 12.1 Å². The molecule has 1 nitrogen and oxygen atoms in total. The second kappa shape index (κ2) is 3.17.